The van der Waals surface area contributed by atoms with Crippen molar-refractivity contribution in [2.24, 2.45) is 5.92 Å². The van der Waals surface area contributed by atoms with E-state index in [0.29, 0.717) is 12.0 Å². The summed E-state index contributed by atoms with van der Waals surface area (Å²) in [7, 11) is 0. The number of carboxylic acid groups (broad SMARTS) is 1. The normalized spacial score (nSPS) is 12.0. The van der Waals surface area contributed by atoms with Crippen LogP contribution in [0.15, 0.2) is 54.9 Å². The SMILES string of the molecule is CCCn1cc(C(=O)NCC(Cc2ccc3ccccc3c2)C(=O)O)cn1. The number of nitrogens with one attached hydrogen (secondary N) is 1. The Kier molecular flexibility index (Phi) is 5.86. The first-order valence-corrected chi connectivity index (χ1v) is 9.08. The standard InChI is InChI=1S/C21H23N3O3/c1-2-9-24-14-19(13-23-24)20(25)22-12-18(21(26)27)11-15-7-8-16-5-3-4-6-17(16)10-15/h3-8,10,13-14,18H,2,9,11-12H2,1H3,(H,22,25)(H,26,27). The second kappa shape index (κ2) is 8.49. The van der Waals surface area contributed by atoms with Gasteiger partial charge in [0.2, 0.25) is 0 Å². The van der Waals surface area contributed by atoms with E-state index < -0.39 is 11.9 Å². The van der Waals surface area contributed by atoms with E-state index in [1.54, 1.807) is 10.9 Å². The highest BCUT2D eigenvalue weighted by Gasteiger charge is 2.20. The molecule has 6 nitrogen and oxygen atoms in total. The fourth-order valence-corrected chi connectivity index (χ4v) is 3.05. The summed E-state index contributed by atoms with van der Waals surface area (Å²) < 4.78 is 1.71. The number of aryl methyl sites for hydroxylation is 1. The van der Waals surface area contributed by atoms with Crippen molar-refractivity contribution in [2.45, 2.75) is 26.3 Å². The molecule has 1 aromatic heterocycles. The van der Waals surface area contributed by atoms with Crippen LogP contribution < -0.4 is 5.32 Å². The van der Waals surface area contributed by atoms with Crippen LogP contribution in [0, 0.1) is 5.92 Å². The van der Waals surface area contributed by atoms with Gasteiger partial charge in [-0.1, -0.05) is 49.4 Å². The summed E-state index contributed by atoms with van der Waals surface area (Å²) in [5, 5.41) is 18.6. The maximum absolute atomic E-state index is 12.3. The molecule has 0 spiro atoms. The van der Waals surface area contributed by atoms with Gasteiger partial charge in [-0.2, -0.15) is 5.10 Å². The number of rotatable bonds is 8. The quantitative estimate of drug-likeness (QED) is 0.642. The van der Waals surface area contributed by atoms with E-state index in [1.165, 1.54) is 6.20 Å². The lowest BCUT2D eigenvalue weighted by atomic mass is 9.97. The Hall–Kier alpha value is -3.15. The first kappa shape index (κ1) is 18.6. The van der Waals surface area contributed by atoms with Crippen molar-refractivity contribution in [3.8, 4) is 0 Å². The number of amides is 1. The van der Waals surface area contributed by atoms with E-state index >= 15 is 0 Å². The Morgan fingerprint density at radius 1 is 1.19 bits per heavy atom. The largest absolute Gasteiger partial charge is 0.481 e. The molecule has 140 valence electrons. The fraction of sp³-hybridized carbons (Fsp3) is 0.286. The van der Waals surface area contributed by atoms with E-state index in [9.17, 15) is 14.7 Å². The van der Waals surface area contributed by atoms with E-state index in [1.807, 2.05) is 49.4 Å². The monoisotopic (exact) mass is 365 g/mol. The summed E-state index contributed by atoms with van der Waals surface area (Å²) in [6, 6.07) is 13.9. The van der Waals surface area contributed by atoms with Crippen molar-refractivity contribution in [1.82, 2.24) is 15.1 Å². The van der Waals surface area contributed by atoms with Crippen LogP contribution in [0.25, 0.3) is 10.8 Å². The van der Waals surface area contributed by atoms with Crippen LogP contribution in [0.3, 0.4) is 0 Å². The molecule has 1 amide bonds. The predicted octanol–water partition coefficient (Wildman–Crippen LogP) is 3.12. The fourth-order valence-electron chi connectivity index (χ4n) is 3.05. The molecule has 0 aliphatic rings. The number of nitrogens with zero attached hydrogens (tertiary/aromatic N) is 2. The van der Waals surface area contributed by atoms with Gasteiger partial charge >= 0.3 is 5.97 Å². The number of carbonyl (C=O) groups excluding carboxylic acids is 1. The third-order valence-corrected chi connectivity index (χ3v) is 4.50. The number of carbonyl (C=O) groups is 2. The van der Waals surface area contributed by atoms with Crippen molar-refractivity contribution in [3.05, 3.63) is 66.0 Å². The van der Waals surface area contributed by atoms with Crippen molar-refractivity contribution >= 4 is 22.6 Å². The van der Waals surface area contributed by atoms with Gasteiger partial charge in [0.1, 0.15) is 0 Å². The average molecular weight is 365 g/mol. The maximum atomic E-state index is 12.3. The van der Waals surface area contributed by atoms with Gasteiger partial charge in [0.25, 0.3) is 5.91 Å². The highest BCUT2D eigenvalue weighted by molar-refractivity contribution is 5.94. The molecule has 2 aromatic carbocycles. The van der Waals surface area contributed by atoms with Crippen LogP contribution in [0.4, 0.5) is 0 Å². The first-order chi connectivity index (χ1) is 13.1. The van der Waals surface area contributed by atoms with Crippen LogP contribution in [-0.4, -0.2) is 33.3 Å². The minimum Gasteiger partial charge on any atom is -0.481 e. The molecule has 3 aromatic rings. The smallest absolute Gasteiger partial charge is 0.308 e. The number of aromatic nitrogens is 2. The van der Waals surface area contributed by atoms with Gasteiger partial charge in [0.05, 0.1) is 17.7 Å². The Balaban J connectivity index is 1.64. The zero-order valence-corrected chi connectivity index (χ0v) is 15.3. The minimum atomic E-state index is -0.926. The summed E-state index contributed by atoms with van der Waals surface area (Å²) in [5.41, 5.74) is 1.38. The lowest BCUT2D eigenvalue weighted by molar-refractivity contribution is -0.141. The Labute approximate surface area is 157 Å². The highest BCUT2D eigenvalue weighted by atomic mass is 16.4. The van der Waals surface area contributed by atoms with Gasteiger partial charge in [-0.05, 0) is 29.2 Å². The molecule has 3 rings (SSSR count). The summed E-state index contributed by atoms with van der Waals surface area (Å²) >= 11 is 0. The molecule has 0 radical (unpaired) electrons. The first-order valence-electron chi connectivity index (χ1n) is 9.08. The molecule has 0 saturated heterocycles. The van der Waals surface area contributed by atoms with Crippen LogP contribution in [0.1, 0.15) is 29.3 Å². The Bertz CT molecular complexity index is 949. The van der Waals surface area contributed by atoms with E-state index in [4.69, 9.17) is 0 Å². The molecule has 6 heteroatoms. The Morgan fingerprint density at radius 2 is 1.96 bits per heavy atom. The molecule has 27 heavy (non-hydrogen) atoms. The third kappa shape index (κ3) is 4.73. The van der Waals surface area contributed by atoms with Gasteiger partial charge in [-0.25, -0.2) is 0 Å². The number of benzene rings is 2. The van der Waals surface area contributed by atoms with E-state index in [2.05, 4.69) is 10.4 Å². The van der Waals surface area contributed by atoms with Gasteiger partial charge in [0.15, 0.2) is 0 Å². The second-order valence-electron chi connectivity index (χ2n) is 6.62. The van der Waals surface area contributed by atoms with Crippen LogP contribution in [-0.2, 0) is 17.8 Å². The van der Waals surface area contributed by atoms with Crippen molar-refractivity contribution < 1.29 is 14.7 Å². The number of carboxylic acids is 1. The van der Waals surface area contributed by atoms with Crippen molar-refractivity contribution in [2.75, 3.05) is 6.54 Å². The number of hydrogen-bond donors (Lipinski definition) is 2. The molecule has 0 fully saturated rings. The van der Waals surface area contributed by atoms with E-state index in [0.717, 1.165) is 29.3 Å². The molecule has 2 N–H and O–H groups in total. The summed E-state index contributed by atoms with van der Waals surface area (Å²) in [4.78, 5) is 23.9. The Morgan fingerprint density at radius 3 is 2.70 bits per heavy atom. The molecule has 1 atom stereocenters. The number of aliphatic carboxylic acids is 1. The molecule has 0 bridgehead atoms. The lowest BCUT2D eigenvalue weighted by Gasteiger charge is -2.14. The van der Waals surface area contributed by atoms with E-state index in [-0.39, 0.29) is 12.5 Å². The van der Waals surface area contributed by atoms with Crippen LogP contribution in [0.2, 0.25) is 0 Å². The van der Waals surface area contributed by atoms with Crippen LogP contribution >= 0.6 is 0 Å². The highest BCUT2D eigenvalue weighted by Crippen LogP contribution is 2.18. The van der Waals surface area contributed by atoms with Crippen molar-refractivity contribution in [1.29, 1.82) is 0 Å². The minimum absolute atomic E-state index is 0.0694. The number of hydrogen-bond acceptors (Lipinski definition) is 3. The summed E-state index contributed by atoms with van der Waals surface area (Å²) in [6.45, 7) is 2.85. The zero-order chi connectivity index (χ0) is 19.2. The van der Waals surface area contributed by atoms with Gasteiger partial charge in [-0.3, -0.25) is 14.3 Å². The molecule has 0 aliphatic heterocycles. The maximum Gasteiger partial charge on any atom is 0.308 e. The average Bonchev–Trinajstić information content (AvgIpc) is 3.13. The topological polar surface area (TPSA) is 84.2 Å². The number of fused-ring (bicyclic) bond motifs is 1. The lowest BCUT2D eigenvalue weighted by Crippen LogP contribution is -2.34. The van der Waals surface area contributed by atoms with Gasteiger partial charge < -0.3 is 10.4 Å². The summed E-state index contributed by atoms with van der Waals surface area (Å²) in [6.07, 6.45) is 4.47. The zero-order valence-electron chi connectivity index (χ0n) is 15.3. The van der Waals surface area contributed by atoms with Crippen molar-refractivity contribution in [3.63, 3.8) is 0 Å². The third-order valence-electron chi connectivity index (χ3n) is 4.50. The second-order valence-corrected chi connectivity index (χ2v) is 6.62. The molecule has 0 saturated carbocycles. The molecule has 1 heterocycles. The van der Waals surface area contributed by atoms with Crippen LogP contribution in [0.5, 0.6) is 0 Å². The molecule has 1 unspecified atom stereocenters. The molecular weight excluding hydrogens is 342 g/mol. The predicted molar refractivity (Wildman–Crippen MR) is 104 cm³/mol. The molecule has 0 aliphatic carbocycles. The van der Waals surface area contributed by atoms with Gasteiger partial charge in [-0.15, -0.1) is 0 Å². The molecular formula is C21H23N3O3. The van der Waals surface area contributed by atoms with Gasteiger partial charge in [0, 0.05) is 19.3 Å². The summed E-state index contributed by atoms with van der Waals surface area (Å²) in [5.74, 6) is -1.92.